The molecule has 3 fully saturated rings. The minimum absolute atomic E-state index is 0.0157. The molecule has 11 amide bonds. The highest BCUT2D eigenvalue weighted by molar-refractivity contribution is 8.00. The maximum atomic E-state index is 15.3. The quantitative estimate of drug-likeness (QED) is 0.0286. The molecule has 0 saturated carbocycles. The number of unbranched alkanes of at least 4 members (excludes halogenated alkanes) is 2. The molecule has 21 nitrogen and oxygen atoms in total. The fraction of sp³-hybridized carbons (Fsp3) is 0.549. The van der Waals surface area contributed by atoms with Gasteiger partial charge >= 0.3 is 12.1 Å². The maximum absolute atomic E-state index is 15.3. The number of primary amides is 3. The van der Waals surface area contributed by atoms with Gasteiger partial charge in [0.2, 0.25) is 41.4 Å². The number of thioether (sulfide) groups is 1. The SMILES string of the molecule is CN(C(=O)CCl)[C@@H](Cc1ccccc1)C(=O)N1CCCCC1(C(N)=O)[C@H](Cc1c[nH]c2ccccc12)C(=O)N[C@@H](CCCNC(N)=O)C(=O)N[C@@H](CCCCNC(=O)CCCC[C@H]1SC[C@H]2NC(=O)N[C@H]21)C(N)=O. The molecule has 1 unspecified atom stereocenters. The van der Waals surface area contributed by atoms with Crippen molar-refractivity contribution in [1.29, 1.82) is 0 Å². The number of nitrogens with one attached hydrogen (secondary N) is 7. The second kappa shape index (κ2) is 27.1. The van der Waals surface area contributed by atoms with Gasteiger partial charge in [-0.3, -0.25) is 33.6 Å². The molecule has 0 bridgehead atoms. The molecule has 23 heteroatoms. The molecular formula is C51H71ClN12O9S. The predicted octanol–water partition coefficient (Wildman–Crippen LogP) is 1.79. The van der Waals surface area contributed by atoms with Crippen LogP contribution in [0.1, 0.15) is 88.2 Å². The van der Waals surface area contributed by atoms with Gasteiger partial charge in [0.05, 0.1) is 18.0 Å². The molecular weight excluding hydrogens is 992 g/mol. The number of H-pyrrole nitrogens is 1. The van der Waals surface area contributed by atoms with E-state index in [2.05, 4.69) is 36.9 Å². The number of alkyl halides is 1. The number of nitrogens with zero attached hydrogens (tertiary/aromatic N) is 2. The van der Waals surface area contributed by atoms with E-state index in [-0.39, 0.29) is 75.6 Å². The molecule has 8 atom stereocenters. The number of carbonyl (C=O) groups excluding carboxylic acids is 9. The second-order valence-corrected chi connectivity index (χ2v) is 20.9. The van der Waals surface area contributed by atoms with Gasteiger partial charge in [0.25, 0.3) is 0 Å². The van der Waals surface area contributed by atoms with Crippen LogP contribution in [0.5, 0.6) is 0 Å². The smallest absolute Gasteiger partial charge is 0.315 e. The summed E-state index contributed by atoms with van der Waals surface area (Å²) in [5, 5.41) is 17.9. The van der Waals surface area contributed by atoms with E-state index in [0.29, 0.717) is 55.9 Å². The van der Waals surface area contributed by atoms with Crippen LogP contribution in [0.4, 0.5) is 9.59 Å². The van der Waals surface area contributed by atoms with E-state index in [1.807, 2.05) is 54.2 Å². The molecule has 402 valence electrons. The summed E-state index contributed by atoms with van der Waals surface area (Å²) in [4.78, 5) is 127. The molecule has 1 aromatic heterocycles. The zero-order valence-electron chi connectivity index (χ0n) is 41.8. The Morgan fingerprint density at radius 2 is 1.55 bits per heavy atom. The first-order valence-electron chi connectivity index (χ1n) is 25.4. The van der Waals surface area contributed by atoms with E-state index in [4.69, 9.17) is 28.8 Å². The summed E-state index contributed by atoms with van der Waals surface area (Å²) in [7, 11) is 1.46. The number of nitrogens with two attached hydrogens (primary N) is 3. The highest BCUT2D eigenvalue weighted by Crippen LogP contribution is 2.40. The van der Waals surface area contributed by atoms with Crippen LogP contribution in [0, 0.1) is 5.92 Å². The summed E-state index contributed by atoms with van der Waals surface area (Å²) in [6, 6.07) is 12.0. The number of piperidine rings is 1. The van der Waals surface area contributed by atoms with Crippen molar-refractivity contribution in [3.63, 3.8) is 0 Å². The molecule has 2 aromatic carbocycles. The Labute approximate surface area is 440 Å². The molecule has 3 saturated heterocycles. The minimum atomic E-state index is -1.98. The number of carbonyl (C=O) groups is 9. The summed E-state index contributed by atoms with van der Waals surface area (Å²) < 4.78 is 0. The number of hydrogen-bond acceptors (Lipinski definition) is 10. The minimum Gasteiger partial charge on any atom is -0.368 e. The number of likely N-dealkylation sites (tertiary alicyclic amines) is 1. The van der Waals surface area contributed by atoms with E-state index in [0.717, 1.165) is 35.1 Å². The van der Waals surface area contributed by atoms with E-state index in [9.17, 15) is 33.6 Å². The maximum Gasteiger partial charge on any atom is 0.315 e. The molecule has 13 N–H and O–H groups in total. The van der Waals surface area contributed by atoms with Gasteiger partial charge in [-0.1, -0.05) is 55.0 Å². The number of para-hydroxylation sites is 1. The summed E-state index contributed by atoms with van der Waals surface area (Å²) in [5.74, 6) is -5.57. The van der Waals surface area contributed by atoms with Gasteiger partial charge in [-0.05, 0) is 87.8 Å². The Balaban J connectivity index is 1.18. The standard InChI is InChI=1S/C51H71ClN12O9S/c1-63(42(66)28-52)39(26-31-14-3-2-4-15-31)47(70)64-25-12-10-22-51(64,48(54)71)34(27-32-29-58-35-17-6-5-16-33(32)35)45(68)60-37(19-13-24-57-49(55)72)46(69)59-36(44(53)67)18-9-11-23-56-41(65)21-8-7-20-40-43-38(30-74-40)61-50(73)62-43/h2-6,14-17,29,34,36-40,43,58H,7-13,18-28,30H2,1H3,(H2,53,67)(H2,54,71)(H,56,65)(H,59,69)(H,60,68)(H3,55,57,72)(H2,61,62,73)/t34-,36+,37+,38-,39+,40-,43-,51?/m1/s1. The van der Waals surface area contributed by atoms with E-state index >= 15 is 9.59 Å². The number of rotatable bonds is 28. The number of urea groups is 2. The molecule has 3 aliphatic rings. The Hall–Kier alpha value is -6.55. The van der Waals surface area contributed by atoms with Gasteiger partial charge in [-0.15, -0.1) is 11.6 Å². The van der Waals surface area contributed by atoms with Crippen molar-refractivity contribution in [1.82, 2.24) is 46.7 Å². The monoisotopic (exact) mass is 1060 g/mol. The molecule has 74 heavy (non-hydrogen) atoms. The summed E-state index contributed by atoms with van der Waals surface area (Å²) >= 11 is 7.86. The Kier molecular flexibility index (Phi) is 20.8. The summed E-state index contributed by atoms with van der Waals surface area (Å²) in [6.07, 6.45) is 6.30. The molecule has 0 aliphatic carbocycles. The predicted molar refractivity (Wildman–Crippen MR) is 281 cm³/mol. The van der Waals surface area contributed by atoms with Gasteiger partial charge in [0, 0.05) is 67.6 Å². The average molecular weight is 1060 g/mol. The number of fused-ring (bicyclic) bond motifs is 2. The third kappa shape index (κ3) is 14.6. The van der Waals surface area contributed by atoms with Crippen molar-refractivity contribution in [2.45, 2.75) is 131 Å². The van der Waals surface area contributed by atoms with Crippen molar-refractivity contribution in [3.8, 4) is 0 Å². The average Bonchev–Trinajstić information content (AvgIpc) is 4.09. The van der Waals surface area contributed by atoms with Crippen molar-refractivity contribution >= 4 is 87.7 Å². The normalized spacial score (nSPS) is 20.7. The highest BCUT2D eigenvalue weighted by Gasteiger charge is 2.56. The van der Waals surface area contributed by atoms with Crippen LogP contribution in [0.15, 0.2) is 60.8 Å². The second-order valence-electron chi connectivity index (χ2n) is 19.4. The van der Waals surface area contributed by atoms with Crippen LogP contribution in [0.3, 0.4) is 0 Å². The largest absolute Gasteiger partial charge is 0.368 e. The van der Waals surface area contributed by atoms with Crippen molar-refractivity contribution in [2.75, 3.05) is 38.3 Å². The fourth-order valence-corrected chi connectivity index (χ4v) is 12.2. The van der Waals surface area contributed by atoms with Crippen LogP contribution in [-0.4, -0.2) is 148 Å². The number of hydrogen-bond donors (Lipinski definition) is 10. The Bertz CT molecular complexity index is 2480. The Morgan fingerprint density at radius 1 is 0.838 bits per heavy atom. The van der Waals surface area contributed by atoms with Crippen LogP contribution in [0.25, 0.3) is 10.9 Å². The number of aromatic amines is 1. The zero-order valence-corrected chi connectivity index (χ0v) is 43.4. The van der Waals surface area contributed by atoms with E-state index in [1.165, 1.54) is 16.8 Å². The number of benzene rings is 2. The third-order valence-corrected chi connectivity index (χ3v) is 16.2. The molecule has 6 rings (SSSR count). The first kappa shape index (κ1) is 56.7. The molecule has 3 aromatic rings. The van der Waals surface area contributed by atoms with Crippen LogP contribution in [0.2, 0.25) is 0 Å². The van der Waals surface area contributed by atoms with Crippen LogP contribution < -0.4 is 49.1 Å². The number of likely N-dealkylation sites (N-methyl/N-ethyl adjacent to an activating group) is 1. The lowest BCUT2D eigenvalue weighted by Gasteiger charge is -2.50. The Morgan fingerprint density at radius 3 is 2.28 bits per heavy atom. The third-order valence-electron chi connectivity index (χ3n) is 14.5. The van der Waals surface area contributed by atoms with Gasteiger partial charge in [-0.25, -0.2) is 9.59 Å². The summed E-state index contributed by atoms with van der Waals surface area (Å²) in [6.45, 7) is 0.373. The highest BCUT2D eigenvalue weighted by atomic mass is 35.5. The van der Waals surface area contributed by atoms with Crippen LogP contribution in [-0.2, 0) is 46.4 Å². The fourth-order valence-electron chi connectivity index (χ4n) is 10.5. The van der Waals surface area contributed by atoms with Crippen molar-refractivity contribution in [2.24, 2.45) is 23.1 Å². The lowest BCUT2D eigenvalue weighted by molar-refractivity contribution is -0.162. The van der Waals surface area contributed by atoms with Gasteiger partial charge in [0.15, 0.2) is 0 Å². The molecule has 0 radical (unpaired) electrons. The van der Waals surface area contributed by atoms with E-state index < -0.39 is 76.9 Å². The molecule has 0 spiro atoms. The van der Waals surface area contributed by atoms with Gasteiger partial charge < -0.3 is 63.9 Å². The van der Waals surface area contributed by atoms with Crippen molar-refractivity contribution < 1.29 is 43.2 Å². The lowest BCUT2D eigenvalue weighted by atomic mass is 9.71. The first-order valence-corrected chi connectivity index (χ1v) is 27.0. The van der Waals surface area contributed by atoms with Gasteiger partial charge in [-0.2, -0.15) is 11.8 Å². The van der Waals surface area contributed by atoms with Crippen molar-refractivity contribution in [3.05, 3.63) is 71.9 Å². The molecule has 3 aliphatic heterocycles. The number of aromatic nitrogens is 1. The van der Waals surface area contributed by atoms with Crippen LogP contribution >= 0.6 is 23.4 Å². The van der Waals surface area contributed by atoms with Gasteiger partial charge in [0.1, 0.15) is 29.5 Å². The summed E-state index contributed by atoms with van der Waals surface area (Å²) in [5.41, 5.74) is 17.7. The number of halogens is 1. The lowest BCUT2D eigenvalue weighted by Crippen LogP contribution is -2.71. The van der Waals surface area contributed by atoms with E-state index in [1.54, 1.807) is 18.3 Å². The topological polar surface area (TPSA) is 326 Å². The molecule has 4 heterocycles. The number of amides is 11. The zero-order chi connectivity index (χ0) is 53.4. The first-order chi connectivity index (χ1) is 35.5.